The highest BCUT2D eigenvalue weighted by Gasteiger charge is 2.15. The molecule has 5 nitrogen and oxygen atoms in total. The molecule has 1 aromatic carbocycles. The van der Waals surface area contributed by atoms with Crippen LogP contribution in [0.5, 0.6) is 0 Å². The Labute approximate surface area is 105 Å². The van der Waals surface area contributed by atoms with Gasteiger partial charge in [-0.15, -0.1) is 0 Å². The number of rotatable bonds is 5. The average Bonchev–Trinajstić information content (AvgIpc) is 2.89. The maximum Gasteiger partial charge on any atom is 0.332 e. The molecule has 2 rings (SSSR count). The molecular formula is C13H16N2O3. The van der Waals surface area contributed by atoms with Crippen molar-refractivity contribution in [2.45, 2.75) is 19.6 Å². The molecule has 1 heterocycles. The lowest BCUT2D eigenvalue weighted by atomic mass is 10.1. The van der Waals surface area contributed by atoms with Gasteiger partial charge in [-0.2, -0.15) is 0 Å². The molecule has 0 spiro atoms. The van der Waals surface area contributed by atoms with Gasteiger partial charge in [0.2, 0.25) is 0 Å². The van der Waals surface area contributed by atoms with E-state index in [2.05, 4.69) is 10.3 Å². The predicted octanol–water partition coefficient (Wildman–Crippen LogP) is 1.03. The molecule has 0 fully saturated rings. The molecule has 1 atom stereocenters. The molecule has 18 heavy (non-hydrogen) atoms. The van der Waals surface area contributed by atoms with Crippen molar-refractivity contribution in [3.05, 3.63) is 35.4 Å². The minimum absolute atomic E-state index is 0.268. The Morgan fingerprint density at radius 1 is 1.56 bits per heavy atom. The second kappa shape index (κ2) is 5.64. The molecule has 0 aromatic heterocycles. The zero-order chi connectivity index (χ0) is 13.0. The number of amidine groups is 1. The molecule has 1 aromatic rings. The third kappa shape index (κ3) is 2.87. The van der Waals surface area contributed by atoms with E-state index in [0.717, 1.165) is 30.1 Å². The van der Waals surface area contributed by atoms with Gasteiger partial charge in [0, 0.05) is 12.1 Å². The molecule has 0 radical (unpaired) electrons. The molecule has 96 valence electrons. The first kappa shape index (κ1) is 12.6. The molecular weight excluding hydrogens is 232 g/mol. The summed E-state index contributed by atoms with van der Waals surface area (Å²) in [5.41, 5.74) is 1.92. The Hall–Kier alpha value is -1.88. The fourth-order valence-corrected chi connectivity index (χ4v) is 1.74. The van der Waals surface area contributed by atoms with Crippen molar-refractivity contribution in [3.8, 4) is 0 Å². The molecule has 1 aliphatic rings. The number of aliphatic imine (C=N–C) groups is 1. The maximum atomic E-state index is 10.7. The van der Waals surface area contributed by atoms with Crippen molar-refractivity contribution in [3.63, 3.8) is 0 Å². The lowest BCUT2D eigenvalue weighted by molar-refractivity contribution is -0.149. The number of ether oxygens (including phenoxy) is 1. The number of benzene rings is 1. The van der Waals surface area contributed by atoms with Gasteiger partial charge >= 0.3 is 5.97 Å². The van der Waals surface area contributed by atoms with Gasteiger partial charge in [-0.25, -0.2) is 4.79 Å². The fraction of sp³-hybridized carbons (Fsp3) is 0.385. The first-order valence-corrected chi connectivity index (χ1v) is 5.89. The van der Waals surface area contributed by atoms with Gasteiger partial charge in [-0.1, -0.05) is 24.3 Å². The largest absolute Gasteiger partial charge is 0.479 e. The molecule has 0 amide bonds. The summed E-state index contributed by atoms with van der Waals surface area (Å²) in [6, 6.07) is 7.72. The Balaban J connectivity index is 2.10. The molecule has 0 saturated heterocycles. The van der Waals surface area contributed by atoms with Crippen LogP contribution >= 0.6 is 0 Å². The van der Waals surface area contributed by atoms with E-state index in [4.69, 9.17) is 9.84 Å². The number of nitrogens with one attached hydrogen (secondary N) is 1. The van der Waals surface area contributed by atoms with Crippen molar-refractivity contribution in [2.24, 2.45) is 4.99 Å². The van der Waals surface area contributed by atoms with Gasteiger partial charge in [0.05, 0.1) is 13.2 Å². The van der Waals surface area contributed by atoms with Crippen LogP contribution in [0, 0.1) is 0 Å². The van der Waals surface area contributed by atoms with E-state index in [0.29, 0.717) is 0 Å². The van der Waals surface area contributed by atoms with E-state index in [9.17, 15) is 4.79 Å². The number of nitrogens with zero attached hydrogens (tertiary/aromatic N) is 1. The third-order valence-electron chi connectivity index (χ3n) is 2.78. The number of aliphatic carboxylic acids is 1. The highest BCUT2D eigenvalue weighted by molar-refractivity contribution is 6.00. The van der Waals surface area contributed by atoms with Gasteiger partial charge in [0.1, 0.15) is 5.84 Å². The lowest BCUT2D eigenvalue weighted by Crippen LogP contribution is -2.23. The first-order chi connectivity index (χ1) is 8.68. The van der Waals surface area contributed by atoms with E-state index in [1.54, 1.807) is 0 Å². The van der Waals surface area contributed by atoms with E-state index in [1.807, 2.05) is 24.3 Å². The zero-order valence-corrected chi connectivity index (χ0v) is 10.2. The van der Waals surface area contributed by atoms with E-state index < -0.39 is 12.1 Å². The van der Waals surface area contributed by atoms with Gasteiger partial charge in [0.15, 0.2) is 6.10 Å². The van der Waals surface area contributed by atoms with Crippen molar-refractivity contribution < 1.29 is 14.6 Å². The molecule has 1 unspecified atom stereocenters. The summed E-state index contributed by atoms with van der Waals surface area (Å²) in [6.45, 7) is 3.41. The fourth-order valence-electron chi connectivity index (χ4n) is 1.74. The standard InChI is InChI=1S/C13H16N2O3/c1-9(13(16)17)18-8-10-4-2-3-5-11(10)12-14-6-7-15-12/h2-5,9H,6-8H2,1H3,(H,14,15)(H,16,17). The van der Waals surface area contributed by atoms with E-state index in [-0.39, 0.29) is 6.61 Å². The summed E-state index contributed by atoms with van der Waals surface area (Å²) in [5.74, 6) is -0.0963. The Bertz CT molecular complexity index is 471. The van der Waals surface area contributed by atoms with Crippen LogP contribution in [-0.4, -0.2) is 36.1 Å². The van der Waals surface area contributed by atoms with Crippen LogP contribution < -0.4 is 5.32 Å². The van der Waals surface area contributed by atoms with Gasteiger partial charge < -0.3 is 15.2 Å². The van der Waals surface area contributed by atoms with Crippen molar-refractivity contribution in [2.75, 3.05) is 13.1 Å². The first-order valence-electron chi connectivity index (χ1n) is 5.89. The van der Waals surface area contributed by atoms with Crippen LogP contribution in [0.3, 0.4) is 0 Å². The van der Waals surface area contributed by atoms with Crippen molar-refractivity contribution in [1.82, 2.24) is 5.32 Å². The molecule has 1 aliphatic heterocycles. The molecule has 0 saturated carbocycles. The Kier molecular flexibility index (Phi) is 3.94. The summed E-state index contributed by atoms with van der Waals surface area (Å²) in [4.78, 5) is 15.1. The van der Waals surface area contributed by atoms with E-state index in [1.165, 1.54) is 6.92 Å². The van der Waals surface area contributed by atoms with Crippen molar-refractivity contribution >= 4 is 11.8 Å². The van der Waals surface area contributed by atoms with Crippen LogP contribution in [0.15, 0.2) is 29.3 Å². The predicted molar refractivity (Wildman–Crippen MR) is 67.7 cm³/mol. The summed E-state index contributed by atoms with van der Waals surface area (Å²) >= 11 is 0. The van der Waals surface area contributed by atoms with Crippen LogP contribution in [0.4, 0.5) is 0 Å². The van der Waals surface area contributed by atoms with Crippen LogP contribution in [0.25, 0.3) is 0 Å². The minimum Gasteiger partial charge on any atom is -0.479 e. The summed E-state index contributed by atoms with van der Waals surface area (Å²) < 4.78 is 5.31. The topological polar surface area (TPSA) is 70.9 Å². The number of carboxylic acid groups (broad SMARTS) is 1. The van der Waals surface area contributed by atoms with Crippen molar-refractivity contribution in [1.29, 1.82) is 0 Å². The summed E-state index contributed by atoms with van der Waals surface area (Å²) in [7, 11) is 0. The number of hydrogen-bond acceptors (Lipinski definition) is 4. The second-order valence-electron chi connectivity index (χ2n) is 4.11. The van der Waals surface area contributed by atoms with Gasteiger partial charge in [-0.05, 0) is 12.5 Å². The molecule has 0 bridgehead atoms. The molecule has 2 N–H and O–H groups in total. The van der Waals surface area contributed by atoms with E-state index >= 15 is 0 Å². The number of carbonyl (C=O) groups is 1. The Morgan fingerprint density at radius 2 is 2.33 bits per heavy atom. The monoisotopic (exact) mass is 248 g/mol. The normalized spacial score (nSPS) is 15.9. The number of hydrogen-bond donors (Lipinski definition) is 2. The third-order valence-corrected chi connectivity index (χ3v) is 2.78. The van der Waals surface area contributed by atoms with Crippen LogP contribution in [0.2, 0.25) is 0 Å². The second-order valence-corrected chi connectivity index (χ2v) is 4.11. The highest BCUT2D eigenvalue weighted by atomic mass is 16.5. The Morgan fingerprint density at radius 3 is 3.00 bits per heavy atom. The van der Waals surface area contributed by atoms with Gasteiger partial charge in [0.25, 0.3) is 0 Å². The SMILES string of the molecule is CC(OCc1ccccc1C1=NCCN1)C(=O)O. The molecule has 0 aliphatic carbocycles. The highest BCUT2D eigenvalue weighted by Crippen LogP contribution is 2.13. The van der Waals surface area contributed by atoms with Crippen LogP contribution in [-0.2, 0) is 16.1 Å². The van der Waals surface area contributed by atoms with Gasteiger partial charge in [-0.3, -0.25) is 4.99 Å². The minimum atomic E-state index is -0.955. The zero-order valence-electron chi connectivity index (χ0n) is 10.2. The summed E-state index contributed by atoms with van der Waals surface area (Å²) in [5, 5.41) is 12.0. The average molecular weight is 248 g/mol. The number of carboxylic acids is 1. The molecule has 5 heteroatoms. The quantitative estimate of drug-likeness (QED) is 0.816. The summed E-state index contributed by atoms with van der Waals surface area (Å²) in [6.07, 6.45) is -0.809. The maximum absolute atomic E-state index is 10.7. The lowest BCUT2D eigenvalue weighted by Gasteiger charge is -2.12. The van der Waals surface area contributed by atoms with Crippen LogP contribution in [0.1, 0.15) is 18.1 Å². The smallest absolute Gasteiger partial charge is 0.332 e.